The summed E-state index contributed by atoms with van der Waals surface area (Å²) >= 11 is 3.10. The fourth-order valence-corrected chi connectivity index (χ4v) is 2.23. The molecule has 112 valence electrons. The van der Waals surface area contributed by atoms with Crippen molar-refractivity contribution < 1.29 is 31.6 Å². The second-order valence-electron chi connectivity index (χ2n) is 4.13. The Morgan fingerprint density at radius 3 is 2.10 bits per heavy atom. The van der Waals surface area contributed by atoms with Crippen LogP contribution in [-0.4, -0.2) is 17.4 Å². The lowest BCUT2D eigenvalue weighted by Crippen LogP contribution is -2.52. The molecule has 0 saturated heterocycles. The smallest absolute Gasteiger partial charge is 0.421 e. The van der Waals surface area contributed by atoms with Crippen LogP contribution in [0.4, 0.5) is 23.4 Å². The van der Waals surface area contributed by atoms with E-state index in [0.717, 1.165) is 12.1 Å². The first-order valence-corrected chi connectivity index (χ1v) is 6.19. The molecule has 1 aliphatic heterocycles. The van der Waals surface area contributed by atoms with Crippen LogP contribution in [0.3, 0.4) is 0 Å². The van der Waals surface area contributed by atoms with Crippen LogP contribution in [0.5, 0.6) is 11.5 Å². The van der Waals surface area contributed by atoms with Gasteiger partial charge in [-0.1, -0.05) is 5.16 Å². The molecule has 21 heavy (non-hydrogen) atoms. The van der Waals surface area contributed by atoms with Crippen molar-refractivity contribution in [2.24, 2.45) is 0 Å². The van der Waals surface area contributed by atoms with E-state index < -0.39 is 23.7 Å². The number of hydrogen-bond acceptors (Lipinski definition) is 5. The maximum atomic E-state index is 13.1. The number of rotatable bonds is 1. The normalized spacial score (nSPS) is 18.5. The van der Waals surface area contributed by atoms with Gasteiger partial charge in [-0.25, -0.2) is 0 Å². The molecule has 0 atom stereocenters. The number of anilines is 1. The third-order valence-electron chi connectivity index (χ3n) is 2.65. The van der Waals surface area contributed by atoms with Gasteiger partial charge in [-0.15, -0.1) is 0 Å². The number of nitrogens with two attached hydrogens (primary N) is 1. The molecule has 0 spiro atoms. The number of fused-ring (bicyclic) bond motifs is 1. The highest BCUT2D eigenvalue weighted by Gasteiger charge is 2.66. The largest absolute Gasteiger partial charge is 0.507 e. The highest BCUT2D eigenvalue weighted by molar-refractivity contribution is 9.10. The van der Waals surface area contributed by atoms with E-state index in [1.54, 1.807) is 0 Å². The van der Waals surface area contributed by atoms with Crippen LogP contribution >= 0.6 is 15.9 Å². The summed E-state index contributed by atoms with van der Waals surface area (Å²) in [6.07, 6.45) is -9.55. The van der Waals surface area contributed by atoms with Gasteiger partial charge in [-0.05, 0) is 28.1 Å². The van der Waals surface area contributed by atoms with Gasteiger partial charge in [0, 0.05) is 16.1 Å². The van der Waals surface area contributed by atoms with Gasteiger partial charge in [-0.3, -0.25) is 0 Å². The number of aromatic nitrogens is 1. The van der Waals surface area contributed by atoms with Gasteiger partial charge in [0.05, 0.1) is 0 Å². The van der Waals surface area contributed by atoms with Gasteiger partial charge in [-0.2, -0.15) is 17.6 Å². The maximum Gasteiger partial charge on any atom is 0.507 e. The third-order valence-corrected chi connectivity index (χ3v) is 3.31. The van der Waals surface area contributed by atoms with Crippen LogP contribution in [0.1, 0.15) is 0 Å². The van der Waals surface area contributed by atoms with Crippen LogP contribution in [0, 0.1) is 0 Å². The second-order valence-corrected chi connectivity index (χ2v) is 4.99. The van der Waals surface area contributed by atoms with Crippen molar-refractivity contribution in [2.75, 3.05) is 5.73 Å². The van der Waals surface area contributed by atoms with E-state index >= 15 is 0 Å². The first kappa shape index (κ1) is 14.0. The van der Waals surface area contributed by atoms with E-state index in [2.05, 4.69) is 35.1 Å². The Labute approximate surface area is 122 Å². The first-order valence-electron chi connectivity index (χ1n) is 5.39. The lowest BCUT2D eigenvalue weighted by atomic mass is 10.1. The van der Waals surface area contributed by atoms with Crippen molar-refractivity contribution in [3.63, 3.8) is 0 Å². The van der Waals surface area contributed by atoms with Crippen LogP contribution in [0.2, 0.25) is 0 Å². The second kappa shape index (κ2) is 4.26. The topological polar surface area (TPSA) is 70.5 Å². The summed E-state index contributed by atoms with van der Waals surface area (Å²) in [5, 5.41) is 3.60. The Hall–Kier alpha value is -1.97. The summed E-state index contributed by atoms with van der Waals surface area (Å²) in [7, 11) is 0. The first-order chi connectivity index (χ1) is 9.69. The average Bonchev–Trinajstić information content (AvgIpc) is 2.77. The third kappa shape index (κ3) is 2.19. The van der Waals surface area contributed by atoms with Crippen molar-refractivity contribution in [1.82, 2.24) is 5.16 Å². The molecule has 0 bridgehead atoms. The fraction of sp³-hybridized carbons (Fsp3) is 0.182. The number of nitrogen functional groups attached to an aromatic ring is 1. The van der Waals surface area contributed by atoms with E-state index in [1.165, 1.54) is 6.07 Å². The molecule has 0 unspecified atom stereocenters. The van der Waals surface area contributed by atoms with Gasteiger partial charge < -0.3 is 19.7 Å². The van der Waals surface area contributed by atoms with Crippen molar-refractivity contribution in [1.29, 1.82) is 0 Å². The summed E-state index contributed by atoms with van der Waals surface area (Å²) in [5.74, 6) is -1.08. The van der Waals surface area contributed by atoms with E-state index in [0.29, 0.717) is 0 Å². The highest BCUT2D eigenvalue weighted by Crippen LogP contribution is 2.49. The molecule has 0 amide bonds. The Morgan fingerprint density at radius 2 is 1.57 bits per heavy atom. The van der Waals surface area contributed by atoms with Gasteiger partial charge in [0.2, 0.25) is 5.88 Å². The minimum absolute atomic E-state index is 0.00338. The van der Waals surface area contributed by atoms with E-state index in [1.807, 2.05) is 0 Å². The van der Waals surface area contributed by atoms with Crippen molar-refractivity contribution in [3.8, 4) is 22.8 Å². The number of hydrogen-bond donors (Lipinski definition) is 1. The molecule has 0 aliphatic carbocycles. The Morgan fingerprint density at radius 1 is 1.00 bits per heavy atom. The summed E-state index contributed by atoms with van der Waals surface area (Å²) in [6.45, 7) is 0. The van der Waals surface area contributed by atoms with Gasteiger partial charge in [0.25, 0.3) is 0 Å². The van der Waals surface area contributed by atoms with Gasteiger partial charge in [0.1, 0.15) is 5.69 Å². The minimum Gasteiger partial charge on any atom is -0.421 e. The van der Waals surface area contributed by atoms with E-state index in [4.69, 9.17) is 5.73 Å². The number of alkyl halides is 4. The number of ether oxygens (including phenoxy) is 2. The van der Waals surface area contributed by atoms with E-state index in [-0.39, 0.29) is 21.6 Å². The number of benzene rings is 1. The number of halogens is 5. The fourth-order valence-electron chi connectivity index (χ4n) is 1.70. The molecule has 5 nitrogen and oxygen atoms in total. The molecule has 0 saturated carbocycles. The maximum absolute atomic E-state index is 13.1. The van der Waals surface area contributed by atoms with E-state index in [9.17, 15) is 17.6 Å². The highest BCUT2D eigenvalue weighted by atomic mass is 79.9. The molecule has 1 aliphatic rings. The zero-order valence-electron chi connectivity index (χ0n) is 9.87. The van der Waals surface area contributed by atoms with Gasteiger partial charge in [0.15, 0.2) is 11.5 Å². The van der Waals surface area contributed by atoms with Crippen molar-refractivity contribution >= 4 is 21.8 Å². The molecule has 2 aromatic rings. The molecule has 0 radical (unpaired) electrons. The van der Waals surface area contributed by atoms with Crippen LogP contribution < -0.4 is 15.2 Å². The summed E-state index contributed by atoms with van der Waals surface area (Å²) in [4.78, 5) is 0. The molecule has 0 fully saturated rings. The van der Waals surface area contributed by atoms with Crippen molar-refractivity contribution in [2.45, 2.75) is 12.2 Å². The van der Waals surface area contributed by atoms with Crippen LogP contribution in [0.15, 0.2) is 27.2 Å². The predicted octanol–water partition coefficient (Wildman–Crippen LogP) is 3.64. The zero-order valence-corrected chi connectivity index (χ0v) is 11.5. The lowest BCUT2D eigenvalue weighted by molar-refractivity contribution is -0.391. The van der Waals surface area contributed by atoms with Crippen LogP contribution in [0.25, 0.3) is 11.3 Å². The Balaban J connectivity index is 2.10. The SMILES string of the molecule is Nc1cc(-c2cc3c(cc2Br)OC(F)(F)C(F)(F)O3)no1. The molecule has 10 heteroatoms. The monoisotopic (exact) mass is 368 g/mol. The molecule has 1 aromatic heterocycles. The zero-order chi connectivity index (χ0) is 15.4. The molecule has 1 aromatic carbocycles. The average molecular weight is 369 g/mol. The van der Waals surface area contributed by atoms with Crippen LogP contribution in [-0.2, 0) is 0 Å². The molecule has 2 heterocycles. The Kier molecular flexibility index (Phi) is 2.84. The number of nitrogens with zero attached hydrogens (tertiary/aromatic N) is 1. The Bertz CT molecular complexity index is 719. The molecular formula is C11H5BrF4N2O3. The molecular weight excluding hydrogens is 364 g/mol. The van der Waals surface area contributed by atoms with Crippen molar-refractivity contribution in [3.05, 3.63) is 22.7 Å². The minimum atomic E-state index is -4.78. The molecule has 2 N–H and O–H groups in total. The quantitative estimate of drug-likeness (QED) is 0.778. The van der Waals surface area contributed by atoms with Gasteiger partial charge >= 0.3 is 12.2 Å². The standard InChI is InChI=1S/C11H5BrF4N2O3/c12-5-2-8-7(19-10(13,14)11(15,16)20-8)1-4(5)6-3-9(17)21-18-6/h1-3H,17H2. The summed E-state index contributed by atoms with van der Waals surface area (Å²) < 4.78 is 65.4. The summed E-state index contributed by atoms with van der Waals surface area (Å²) in [5.41, 5.74) is 5.84. The summed E-state index contributed by atoms with van der Waals surface area (Å²) in [6, 6.07) is 3.47. The molecule has 3 rings (SSSR count). The lowest BCUT2D eigenvalue weighted by Gasteiger charge is -2.32. The predicted molar refractivity (Wildman–Crippen MR) is 65.2 cm³/mol.